The van der Waals surface area contributed by atoms with Crippen LogP contribution < -0.4 is 4.74 Å². The minimum absolute atomic E-state index is 0.586. The largest absolute Gasteiger partial charge is 0.488 e. The fourth-order valence-corrected chi connectivity index (χ4v) is 8.37. The van der Waals surface area contributed by atoms with E-state index in [1.165, 1.54) is 42.4 Å². The lowest BCUT2D eigenvalue weighted by atomic mass is 9.89. The van der Waals surface area contributed by atoms with E-state index in [2.05, 4.69) is 152 Å². The van der Waals surface area contributed by atoms with Gasteiger partial charge >= 0.3 is 0 Å². The first-order chi connectivity index (χ1) is 25.2. The fraction of sp³-hybridized carbons (Fsp3) is 0.0652. The Morgan fingerprint density at radius 2 is 1.16 bits per heavy atom. The smallest absolute Gasteiger partial charge is 0.164 e. The molecule has 0 unspecified atom stereocenters. The summed E-state index contributed by atoms with van der Waals surface area (Å²) >= 11 is 1.81. The number of benzene rings is 6. The number of aromatic nitrogens is 3. The van der Waals surface area contributed by atoms with Crippen molar-refractivity contribution in [2.45, 2.75) is 19.4 Å². The molecule has 0 N–H and O–H groups in total. The quantitative estimate of drug-likeness (QED) is 0.182. The van der Waals surface area contributed by atoms with Gasteiger partial charge in [0.25, 0.3) is 0 Å². The van der Waals surface area contributed by atoms with Crippen LogP contribution in [-0.4, -0.2) is 15.0 Å². The molecular weight excluding hydrogens is 643 g/mol. The fourth-order valence-electron chi connectivity index (χ4n) is 7.28. The van der Waals surface area contributed by atoms with Crippen molar-refractivity contribution in [1.29, 1.82) is 0 Å². The Balaban J connectivity index is 1.08. The first-order valence-corrected chi connectivity index (χ1v) is 18.2. The van der Waals surface area contributed by atoms with Crippen LogP contribution in [0.15, 0.2) is 152 Å². The maximum absolute atomic E-state index is 6.17. The van der Waals surface area contributed by atoms with Crippen LogP contribution in [0.1, 0.15) is 24.0 Å². The molecule has 0 saturated heterocycles. The first kappa shape index (κ1) is 29.7. The van der Waals surface area contributed by atoms with Gasteiger partial charge in [0.1, 0.15) is 12.4 Å². The average Bonchev–Trinajstić information content (AvgIpc) is 3.59. The zero-order valence-corrected chi connectivity index (χ0v) is 28.5. The lowest BCUT2D eigenvalue weighted by Crippen LogP contribution is -2.06. The van der Waals surface area contributed by atoms with E-state index in [1.54, 1.807) is 0 Å². The molecule has 2 aliphatic rings. The highest BCUT2D eigenvalue weighted by molar-refractivity contribution is 7.25. The van der Waals surface area contributed by atoms with E-state index >= 15 is 0 Å². The predicted octanol–water partition coefficient (Wildman–Crippen LogP) is 12.2. The summed E-state index contributed by atoms with van der Waals surface area (Å²) in [7, 11) is 0. The van der Waals surface area contributed by atoms with E-state index in [0.717, 1.165) is 52.0 Å². The summed E-state index contributed by atoms with van der Waals surface area (Å²) in [4.78, 5) is 15.3. The normalized spacial score (nSPS) is 13.5. The number of allylic oxidation sites excluding steroid dienone is 4. The first-order valence-electron chi connectivity index (χ1n) is 17.4. The third-order valence-electron chi connectivity index (χ3n) is 9.89. The zero-order valence-electron chi connectivity index (χ0n) is 27.7. The molecule has 6 aromatic carbocycles. The van der Waals surface area contributed by atoms with Crippen molar-refractivity contribution >= 4 is 37.1 Å². The molecule has 242 valence electrons. The number of fused-ring (bicyclic) bond motifs is 6. The molecule has 0 fully saturated rings. The van der Waals surface area contributed by atoms with Crippen LogP contribution in [0.5, 0.6) is 5.75 Å². The topological polar surface area (TPSA) is 47.9 Å². The van der Waals surface area contributed by atoms with E-state index in [1.807, 2.05) is 11.3 Å². The number of hydrogen-bond acceptors (Lipinski definition) is 5. The Morgan fingerprint density at radius 3 is 1.94 bits per heavy atom. The molecular formula is C46H31N3OS. The molecule has 3 heterocycles. The molecule has 0 atom stereocenters. The maximum Gasteiger partial charge on any atom is 0.164 e. The molecule has 5 heteroatoms. The van der Waals surface area contributed by atoms with Gasteiger partial charge in [-0.15, -0.1) is 11.3 Å². The number of hydrogen-bond donors (Lipinski definition) is 0. The monoisotopic (exact) mass is 673 g/mol. The number of thiophene rings is 1. The third kappa shape index (κ3) is 5.34. The van der Waals surface area contributed by atoms with Gasteiger partial charge < -0.3 is 4.74 Å². The summed E-state index contributed by atoms with van der Waals surface area (Å²) in [6.45, 7) is 0.586. The van der Waals surface area contributed by atoms with E-state index in [4.69, 9.17) is 19.7 Å². The van der Waals surface area contributed by atoms with Gasteiger partial charge in [0.15, 0.2) is 17.5 Å². The van der Waals surface area contributed by atoms with Crippen LogP contribution in [0, 0.1) is 0 Å². The van der Waals surface area contributed by atoms with Gasteiger partial charge in [0.05, 0.1) is 0 Å². The summed E-state index contributed by atoms with van der Waals surface area (Å²) in [5, 5.41) is 2.47. The number of rotatable bonds is 5. The Labute approximate surface area is 300 Å². The molecule has 0 bridgehead atoms. The van der Waals surface area contributed by atoms with Gasteiger partial charge in [-0.2, -0.15) is 0 Å². The van der Waals surface area contributed by atoms with Crippen LogP contribution in [0.3, 0.4) is 0 Å². The summed E-state index contributed by atoms with van der Waals surface area (Å²) in [6.07, 6.45) is 8.93. The minimum atomic E-state index is 0.586. The second kappa shape index (κ2) is 12.3. The molecule has 51 heavy (non-hydrogen) atoms. The summed E-state index contributed by atoms with van der Waals surface area (Å²) in [5.74, 6) is 2.87. The lowest BCUT2D eigenvalue weighted by molar-refractivity contribution is 0.302. The minimum Gasteiger partial charge on any atom is -0.488 e. The molecule has 1 aliphatic heterocycles. The second-order valence-corrected chi connectivity index (χ2v) is 14.1. The Hall–Kier alpha value is -6.17. The number of nitrogens with zero attached hydrogens (tertiary/aromatic N) is 3. The molecule has 0 spiro atoms. The molecule has 0 radical (unpaired) electrons. The Kier molecular flexibility index (Phi) is 7.17. The van der Waals surface area contributed by atoms with Crippen LogP contribution >= 0.6 is 11.3 Å². The molecule has 10 rings (SSSR count). The molecule has 4 nitrogen and oxygen atoms in total. The highest BCUT2D eigenvalue weighted by atomic mass is 32.1. The van der Waals surface area contributed by atoms with Gasteiger partial charge in [-0.25, -0.2) is 15.0 Å². The van der Waals surface area contributed by atoms with Crippen molar-refractivity contribution in [2.75, 3.05) is 0 Å². The van der Waals surface area contributed by atoms with E-state index in [9.17, 15) is 0 Å². The van der Waals surface area contributed by atoms with Gasteiger partial charge in [0, 0.05) is 42.4 Å². The number of ether oxygens (including phenoxy) is 1. The third-order valence-corrected chi connectivity index (χ3v) is 11.0. The SMILES string of the molecule is C1=CC(c2ccc(-c3nc(-c4ccc(-c5cccc6c5-c5ccccc5CO6)cc4)nc(-c4ccc5sc6ccccc6c5c4)n3)cc2)=CCC1. The van der Waals surface area contributed by atoms with Crippen molar-refractivity contribution in [3.05, 3.63) is 163 Å². The summed E-state index contributed by atoms with van der Waals surface area (Å²) < 4.78 is 8.70. The standard InChI is InChI=1S/C46H31N3OS/c1-2-9-29(10-3-1)30-17-21-32(22-18-30)44-47-45(49-46(48-44)34-25-26-42-39(27-34)38-13-6-7-16-41(38)51-42)33-23-19-31(20-24-33)36-14-8-15-40-43(36)37-12-5-4-11-35(37)28-50-40/h2,4-27H,1,3,28H2. The average molecular weight is 674 g/mol. The van der Waals surface area contributed by atoms with E-state index in [0.29, 0.717) is 24.1 Å². The second-order valence-electron chi connectivity index (χ2n) is 13.0. The van der Waals surface area contributed by atoms with Gasteiger partial charge in [-0.05, 0) is 76.6 Å². The molecule has 1 aliphatic carbocycles. The Morgan fingerprint density at radius 1 is 0.510 bits per heavy atom. The highest BCUT2D eigenvalue weighted by Crippen LogP contribution is 2.44. The van der Waals surface area contributed by atoms with E-state index < -0.39 is 0 Å². The van der Waals surface area contributed by atoms with Gasteiger partial charge in [-0.3, -0.25) is 0 Å². The molecule has 8 aromatic rings. The van der Waals surface area contributed by atoms with Crippen molar-refractivity contribution in [3.8, 4) is 62.2 Å². The van der Waals surface area contributed by atoms with Crippen molar-refractivity contribution in [1.82, 2.24) is 15.0 Å². The summed E-state index contributed by atoms with van der Waals surface area (Å²) in [6, 6.07) is 47.1. The van der Waals surface area contributed by atoms with Gasteiger partial charge in [-0.1, -0.05) is 121 Å². The molecule has 0 saturated carbocycles. The maximum atomic E-state index is 6.17. The van der Waals surface area contributed by atoms with Crippen molar-refractivity contribution in [2.24, 2.45) is 0 Å². The molecule has 2 aromatic heterocycles. The van der Waals surface area contributed by atoms with Crippen LogP contribution in [0.25, 0.3) is 82.2 Å². The summed E-state index contributed by atoms with van der Waals surface area (Å²) in [5.41, 5.74) is 11.1. The van der Waals surface area contributed by atoms with Crippen molar-refractivity contribution in [3.63, 3.8) is 0 Å². The van der Waals surface area contributed by atoms with Crippen molar-refractivity contribution < 1.29 is 4.74 Å². The van der Waals surface area contributed by atoms with Crippen LogP contribution in [-0.2, 0) is 6.61 Å². The van der Waals surface area contributed by atoms with Crippen LogP contribution in [0.4, 0.5) is 0 Å². The highest BCUT2D eigenvalue weighted by Gasteiger charge is 2.21. The van der Waals surface area contributed by atoms with E-state index in [-0.39, 0.29) is 0 Å². The van der Waals surface area contributed by atoms with Gasteiger partial charge in [0.2, 0.25) is 0 Å². The van der Waals surface area contributed by atoms with Crippen LogP contribution in [0.2, 0.25) is 0 Å². The Bertz CT molecular complexity index is 2690. The zero-order chi connectivity index (χ0) is 33.7. The predicted molar refractivity (Wildman–Crippen MR) is 211 cm³/mol. The molecule has 0 amide bonds. The lowest BCUT2D eigenvalue weighted by Gasteiger charge is -2.23.